The quantitative estimate of drug-likeness (QED) is 0.785. The van der Waals surface area contributed by atoms with E-state index in [-0.39, 0.29) is 17.3 Å². The van der Waals surface area contributed by atoms with Crippen LogP contribution in [0.15, 0.2) is 18.2 Å². The van der Waals surface area contributed by atoms with Gasteiger partial charge in [-0.1, -0.05) is 17.7 Å². The topological polar surface area (TPSA) is 30.5 Å². The number of rotatable bonds is 7. The van der Waals surface area contributed by atoms with Crippen LogP contribution in [0.25, 0.3) is 0 Å². The molecule has 2 atom stereocenters. The van der Waals surface area contributed by atoms with Crippen molar-refractivity contribution in [2.24, 2.45) is 5.41 Å². The summed E-state index contributed by atoms with van der Waals surface area (Å²) >= 11 is 6.18. The lowest BCUT2D eigenvalue weighted by atomic mass is 9.76. The van der Waals surface area contributed by atoms with Gasteiger partial charge in [-0.15, -0.1) is 0 Å². The molecular weight excluding hydrogens is 293 g/mol. The first-order valence-corrected chi connectivity index (χ1v) is 7.71. The largest absolute Gasteiger partial charge is 0.383 e. The van der Waals surface area contributed by atoms with Gasteiger partial charge in [0.05, 0.1) is 12.7 Å². The van der Waals surface area contributed by atoms with E-state index in [1.54, 1.807) is 19.2 Å². The Hall–Kier alpha value is -0.680. The van der Waals surface area contributed by atoms with Gasteiger partial charge in [-0.3, -0.25) is 0 Å². The van der Waals surface area contributed by atoms with Crippen LogP contribution >= 0.6 is 11.6 Å². The highest BCUT2D eigenvalue weighted by Crippen LogP contribution is 2.39. The molecule has 2 rings (SSSR count). The maximum atomic E-state index is 14.1. The second kappa shape index (κ2) is 7.54. The third-order valence-corrected chi connectivity index (χ3v) is 4.73. The fourth-order valence-corrected chi connectivity index (χ4v) is 3.14. The molecular formula is C16H23ClFNO2. The van der Waals surface area contributed by atoms with Crippen molar-refractivity contribution in [2.75, 3.05) is 33.4 Å². The van der Waals surface area contributed by atoms with Crippen LogP contribution < -0.4 is 5.32 Å². The van der Waals surface area contributed by atoms with Gasteiger partial charge in [0.2, 0.25) is 0 Å². The molecule has 21 heavy (non-hydrogen) atoms. The van der Waals surface area contributed by atoms with Crippen LogP contribution in [0, 0.1) is 11.2 Å². The van der Waals surface area contributed by atoms with Crippen LogP contribution in [0.1, 0.15) is 18.9 Å². The normalized spacial score (nSPS) is 25.4. The molecule has 118 valence electrons. The summed E-state index contributed by atoms with van der Waals surface area (Å²) in [5.74, 6) is -0.238. The summed E-state index contributed by atoms with van der Waals surface area (Å²) in [6.07, 6.45) is 1.56. The predicted molar refractivity (Wildman–Crippen MR) is 82.3 cm³/mol. The second-order valence-electron chi connectivity index (χ2n) is 5.67. The van der Waals surface area contributed by atoms with Crippen molar-refractivity contribution in [1.82, 2.24) is 5.32 Å². The fraction of sp³-hybridized carbons (Fsp3) is 0.625. The van der Waals surface area contributed by atoms with Gasteiger partial charge in [-0.25, -0.2) is 4.39 Å². The molecule has 1 aliphatic rings. The van der Waals surface area contributed by atoms with Gasteiger partial charge in [-0.05, 0) is 31.9 Å². The minimum Gasteiger partial charge on any atom is -0.383 e. The lowest BCUT2D eigenvalue weighted by Gasteiger charge is -2.33. The van der Waals surface area contributed by atoms with Gasteiger partial charge < -0.3 is 14.8 Å². The van der Waals surface area contributed by atoms with E-state index in [2.05, 4.69) is 12.2 Å². The molecule has 0 spiro atoms. The first-order valence-electron chi connectivity index (χ1n) is 7.33. The molecule has 1 heterocycles. The molecule has 0 amide bonds. The molecule has 1 aromatic carbocycles. The average Bonchev–Trinajstić information content (AvgIpc) is 2.81. The van der Waals surface area contributed by atoms with E-state index in [0.29, 0.717) is 30.2 Å². The maximum absolute atomic E-state index is 14.1. The van der Waals surface area contributed by atoms with Gasteiger partial charge in [0.25, 0.3) is 0 Å². The molecule has 1 fully saturated rings. The molecule has 1 N–H and O–H groups in total. The van der Waals surface area contributed by atoms with Crippen LogP contribution in [0.2, 0.25) is 5.02 Å². The molecule has 5 heteroatoms. The Kier molecular flexibility index (Phi) is 5.99. The Morgan fingerprint density at radius 2 is 2.33 bits per heavy atom. The van der Waals surface area contributed by atoms with Gasteiger partial charge in [0.15, 0.2) is 0 Å². The molecule has 0 radical (unpaired) electrons. The number of nitrogens with one attached hydrogen (secondary N) is 1. The fourth-order valence-electron chi connectivity index (χ4n) is 2.91. The summed E-state index contributed by atoms with van der Waals surface area (Å²) in [7, 11) is 1.68. The van der Waals surface area contributed by atoms with Crippen LogP contribution in [-0.2, 0) is 15.9 Å². The first kappa shape index (κ1) is 16.7. The van der Waals surface area contributed by atoms with Gasteiger partial charge in [-0.2, -0.15) is 0 Å². The Morgan fingerprint density at radius 3 is 2.95 bits per heavy atom. The average molecular weight is 316 g/mol. The van der Waals surface area contributed by atoms with Crippen molar-refractivity contribution in [1.29, 1.82) is 0 Å². The zero-order chi connectivity index (χ0) is 15.3. The highest BCUT2D eigenvalue weighted by molar-refractivity contribution is 6.31. The molecule has 0 aromatic heterocycles. The molecule has 0 aliphatic carbocycles. The molecule has 3 nitrogen and oxygen atoms in total. The monoisotopic (exact) mass is 315 g/mol. The Bertz CT molecular complexity index is 451. The number of halogens is 2. The van der Waals surface area contributed by atoms with Crippen LogP contribution in [-0.4, -0.2) is 39.5 Å². The molecule has 2 unspecified atom stereocenters. The second-order valence-corrected chi connectivity index (χ2v) is 6.08. The third kappa shape index (κ3) is 3.95. The molecule has 0 saturated carbocycles. The zero-order valence-electron chi connectivity index (χ0n) is 12.6. The van der Waals surface area contributed by atoms with E-state index >= 15 is 0 Å². The van der Waals surface area contributed by atoms with Crippen LogP contribution in [0.5, 0.6) is 0 Å². The summed E-state index contributed by atoms with van der Waals surface area (Å²) in [5.41, 5.74) is 0.463. The molecule has 1 saturated heterocycles. The standard InChI is InChI=1S/C16H23ClFNO2/c1-12-16(6-8-21-12,11-19-7-9-20-2)10-13-14(17)4-3-5-15(13)18/h3-5,12,19H,6-11H2,1-2H3. The van der Waals surface area contributed by atoms with Crippen molar-refractivity contribution in [2.45, 2.75) is 25.9 Å². The molecule has 1 aliphatic heterocycles. The van der Waals surface area contributed by atoms with Gasteiger partial charge in [0, 0.05) is 42.8 Å². The summed E-state index contributed by atoms with van der Waals surface area (Å²) in [5, 5.41) is 3.88. The first-order chi connectivity index (χ1) is 10.1. The summed E-state index contributed by atoms with van der Waals surface area (Å²) in [6, 6.07) is 4.85. The van der Waals surface area contributed by atoms with Crippen molar-refractivity contribution in [3.05, 3.63) is 34.6 Å². The van der Waals surface area contributed by atoms with Gasteiger partial charge >= 0.3 is 0 Å². The van der Waals surface area contributed by atoms with Crippen LogP contribution in [0.3, 0.4) is 0 Å². The van der Waals surface area contributed by atoms with Crippen molar-refractivity contribution in [3.8, 4) is 0 Å². The van der Waals surface area contributed by atoms with E-state index < -0.39 is 0 Å². The summed E-state index contributed by atoms with van der Waals surface area (Å²) in [4.78, 5) is 0. The van der Waals surface area contributed by atoms with Crippen molar-refractivity contribution >= 4 is 11.6 Å². The SMILES string of the molecule is COCCNCC1(Cc2c(F)cccc2Cl)CCOC1C. The number of hydrogen-bond donors (Lipinski definition) is 1. The number of methoxy groups -OCH3 is 1. The Balaban J connectivity index is 2.13. The smallest absolute Gasteiger partial charge is 0.127 e. The zero-order valence-corrected chi connectivity index (χ0v) is 13.4. The lowest BCUT2D eigenvalue weighted by molar-refractivity contribution is 0.0616. The summed E-state index contributed by atoms with van der Waals surface area (Å²) < 4.78 is 24.9. The van der Waals surface area contributed by atoms with E-state index in [4.69, 9.17) is 21.1 Å². The van der Waals surface area contributed by atoms with Crippen molar-refractivity contribution in [3.63, 3.8) is 0 Å². The highest BCUT2D eigenvalue weighted by atomic mass is 35.5. The number of hydrogen-bond acceptors (Lipinski definition) is 3. The van der Waals surface area contributed by atoms with E-state index in [1.165, 1.54) is 6.07 Å². The van der Waals surface area contributed by atoms with Crippen molar-refractivity contribution < 1.29 is 13.9 Å². The van der Waals surface area contributed by atoms with Crippen LogP contribution in [0.4, 0.5) is 4.39 Å². The maximum Gasteiger partial charge on any atom is 0.127 e. The lowest BCUT2D eigenvalue weighted by Crippen LogP contribution is -2.42. The van der Waals surface area contributed by atoms with E-state index in [1.807, 2.05) is 0 Å². The van der Waals surface area contributed by atoms with E-state index in [0.717, 1.165) is 19.5 Å². The number of ether oxygens (including phenoxy) is 2. The minimum atomic E-state index is -0.238. The predicted octanol–water partition coefficient (Wildman–Crippen LogP) is 3.05. The summed E-state index contributed by atoms with van der Waals surface area (Å²) in [6.45, 7) is 4.96. The van der Waals surface area contributed by atoms with E-state index in [9.17, 15) is 4.39 Å². The number of benzene rings is 1. The molecule has 1 aromatic rings. The minimum absolute atomic E-state index is 0.0724. The third-order valence-electron chi connectivity index (χ3n) is 4.38. The molecule has 0 bridgehead atoms. The highest BCUT2D eigenvalue weighted by Gasteiger charge is 2.42. The van der Waals surface area contributed by atoms with Gasteiger partial charge in [0.1, 0.15) is 5.82 Å². The Morgan fingerprint density at radius 1 is 1.52 bits per heavy atom. The Labute approximate surface area is 130 Å².